The number of carboxylic acid groups (broad SMARTS) is 1. The van der Waals surface area contributed by atoms with E-state index in [1.807, 2.05) is 11.6 Å². The minimum absolute atomic E-state index is 0.00645. The van der Waals surface area contributed by atoms with Crippen LogP contribution in [0.25, 0.3) is 34.6 Å². The number of benzene rings is 1. The van der Waals surface area contributed by atoms with Crippen molar-refractivity contribution in [2.75, 3.05) is 0 Å². The summed E-state index contributed by atoms with van der Waals surface area (Å²) in [4.78, 5) is 20.4. The Labute approximate surface area is 292 Å². The minimum Gasteiger partial charge on any atom is -0.481 e. The Hall–Kier alpha value is -4.41. The minimum atomic E-state index is -4.39. The number of carboxylic acids is 1. The van der Waals surface area contributed by atoms with Crippen LogP contribution in [0.3, 0.4) is 0 Å². The van der Waals surface area contributed by atoms with Gasteiger partial charge in [-0.05, 0) is 68.1 Å². The molecule has 15 nitrogen and oxygen atoms in total. The van der Waals surface area contributed by atoms with Crippen LogP contribution in [0.2, 0.25) is 5.02 Å². The fourth-order valence-electron chi connectivity index (χ4n) is 6.71. The molecule has 0 saturated carbocycles. The van der Waals surface area contributed by atoms with Gasteiger partial charge in [0, 0.05) is 35.3 Å². The van der Waals surface area contributed by atoms with E-state index >= 15 is 0 Å². The molecular formula is C33H37ClN8O7S. The standard InChI is InChI=1S/C33H37ClN8O7S/c1-6-42-22-15-32(2,3)11-9-18(22)26(37-42)30-35-28(39-48-30)17-7-8-24(20(34)13-17)50(45,46)41-21(14-25(43)44)29-36-31(49-40-29)27-19-10-12-33(4,5)16-23(19)47-38-27/h7-8,13,21,41H,6,9-12,14-16H2,1-5H3,(H,43,44). The number of fused-ring (bicyclic) bond motifs is 2. The summed E-state index contributed by atoms with van der Waals surface area (Å²) in [6.07, 6.45) is 4.35. The highest BCUT2D eigenvalue weighted by Gasteiger charge is 2.35. The highest BCUT2D eigenvalue weighted by molar-refractivity contribution is 7.89. The SMILES string of the molecule is CCn1nc(-c2nc(-c3ccc(S(=O)(=O)NC(CC(=O)O)c4noc(-c5noc6c5CCC(C)(C)C6)n4)c(Cl)c3)no2)c2c1CC(C)(C)CC2. The largest absolute Gasteiger partial charge is 0.481 e. The van der Waals surface area contributed by atoms with E-state index in [1.165, 1.54) is 23.9 Å². The molecule has 4 heterocycles. The smallest absolute Gasteiger partial charge is 0.305 e. The average molecular weight is 725 g/mol. The van der Waals surface area contributed by atoms with E-state index in [0.29, 0.717) is 36.3 Å². The Bertz CT molecular complexity index is 2210. The van der Waals surface area contributed by atoms with Gasteiger partial charge in [0.15, 0.2) is 17.2 Å². The molecule has 7 rings (SSSR count). The van der Waals surface area contributed by atoms with Gasteiger partial charge < -0.3 is 18.7 Å². The molecule has 0 saturated heterocycles. The van der Waals surface area contributed by atoms with Gasteiger partial charge in [0.1, 0.15) is 10.7 Å². The van der Waals surface area contributed by atoms with Gasteiger partial charge in [-0.15, -0.1) is 0 Å². The number of sulfonamides is 1. The van der Waals surface area contributed by atoms with E-state index < -0.39 is 28.5 Å². The lowest BCUT2D eigenvalue weighted by molar-refractivity contribution is -0.137. The summed E-state index contributed by atoms with van der Waals surface area (Å²) in [5.74, 6) is -0.258. The first-order valence-corrected chi connectivity index (χ1v) is 18.3. The van der Waals surface area contributed by atoms with Crippen molar-refractivity contribution in [3.8, 4) is 34.6 Å². The second-order valence-electron chi connectivity index (χ2n) is 14.5. The van der Waals surface area contributed by atoms with Crippen LogP contribution < -0.4 is 4.72 Å². The summed E-state index contributed by atoms with van der Waals surface area (Å²) in [6.45, 7) is 11.5. The summed E-state index contributed by atoms with van der Waals surface area (Å²) in [6, 6.07) is 2.80. The van der Waals surface area contributed by atoms with E-state index in [9.17, 15) is 18.3 Å². The van der Waals surface area contributed by atoms with Crippen LogP contribution in [0, 0.1) is 10.8 Å². The lowest BCUT2D eigenvalue weighted by Gasteiger charge is -2.30. The summed E-state index contributed by atoms with van der Waals surface area (Å²) >= 11 is 6.52. The van der Waals surface area contributed by atoms with Crippen LogP contribution in [0.4, 0.5) is 0 Å². The molecular weight excluding hydrogens is 688 g/mol. The van der Waals surface area contributed by atoms with Crippen LogP contribution in [-0.4, -0.2) is 54.7 Å². The van der Waals surface area contributed by atoms with Crippen LogP contribution in [-0.2, 0) is 47.0 Å². The Kier molecular flexibility index (Phi) is 8.46. The second kappa shape index (κ2) is 12.4. The molecule has 0 fully saturated rings. The van der Waals surface area contributed by atoms with Gasteiger partial charge in [-0.1, -0.05) is 54.8 Å². The van der Waals surface area contributed by atoms with Crippen molar-refractivity contribution in [3.63, 3.8) is 0 Å². The number of rotatable bonds is 10. The molecule has 0 bridgehead atoms. The third kappa shape index (κ3) is 6.47. The van der Waals surface area contributed by atoms with E-state index in [0.717, 1.165) is 42.6 Å². The van der Waals surface area contributed by atoms with Crippen molar-refractivity contribution >= 4 is 27.6 Å². The van der Waals surface area contributed by atoms with Crippen molar-refractivity contribution in [3.05, 3.63) is 51.6 Å². The molecule has 2 aliphatic rings. The average Bonchev–Trinajstić information content (AvgIpc) is 3.84. The number of hydrogen-bond donors (Lipinski definition) is 2. The monoisotopic (exact) mass is 724 g/mol. The zero-order valence-corrected chi connectivity index (χ0v) is 29.9. The lowest BCUT2D eigenvalue weighted by Crippen LogP contribution is -2.31. The van der Waals surface area contributed by atoms with Crippen molar-refractivity contribution in [2.24, 2.45) is 10.8 Å². The molecule has 5 aromatic rings. The van der Waals surface area contributed by atoms with Crippen LogP contribution in [0.15, 0.2) is 36.7 Å². The van der Waals surface area contributed by atoms with E-state index in [2.05, 4.69) is 57.9 Å². The zero-order valence-electron chi connectivity index (χ0n) is 28.3. The maximum atomic E-state index is 13.6. The van der Waals surface area contributed by atoms with Gasteiger partial charge in [0.25, 0.3) is 11.8 Å². The molecule has 1 atom stereocenters. The topological polar surface area (TPSA) is 205 Å². The predicted molar refractivity (Wildman–Crippen MR) is 178 cm³/mol. The number of carbonyl (C=O) groups is 1. The van der Waals surface area contributed by atoms with Crippen molar-refractivity contribution in [1.29, 1.82) is 0 Å². The number of nitrogens with zero attached hydrogens (tertiary/aromatic N) is 7. The molecule has 4 aromatic heterocycles. The van der Waals surface area contributed by atoms with Gasteiger partial charge >= 0.3 is 5.97 Å². The quantitative estimate of drug-likeness (QED) is 0.174. The molecule has 0 spiro atoms. The van der Waals surface area contributed by atoms with Gasteiger partial charge in [-0.3, -0.25) is 9.48 Å². The van der Waals surface area contributed by atoms with Gasteiger partial charge in [0.05, 0.1) is 17.5 Å². The number of aromatic nitrogens is 7. The normalized spacial score (nSPS) is 17.3. The molecule has 17 heteroatoms. The van der Waals surface area contributed by atoms with Crippen molar-refractivity contribution in [1.82, 2.24) is 39.9 Å². The Morgan fingerprint density at radius 2 is 1.68 bits per heavy atom. The van der Waals surface area contributed by atoms with Crippen molar-refractivity contribution in [2.45, 2.75) is 97.0 Å². The molecule has 1 aromatic carbocycles. The summed E-state index contributed by atoms with van der Waals surface area (Å²) < 4.78 is 48.1. The van der Waals surface area contributed by atoms with Gasteiger partial charge in [-0.25, -0.2) is 8.42 Å². The highest BCUT2D eigenvalue weighted by atomic mass is 35.5. The molecule has 0 radical (unpaired) electrons. The highest BCUT2D eigenvalue weighted by Crippen LogP contribution is 2.40. The summed E-state index contributed by atoms with van der Waals surface area (Å²) in [5, 5.41) is 26.4. The van der Waals surface area contributed by atoms with Gasteiger partial charge in [-0.2, -0.15) is 19.8 Å². The Morgan fingerprint density at radius 3 is 2.40 bits per heavy atom. The number of aryl methyl sites for hydroxylation is 1. The third-order valence-electron chi connectivity index (χ3n) is 9.46. The van der Waals surface area contributed by atoms with Crippen LogP contribution in [0.1, 0.15) is 88.3 Å². The molecule has 1 unspecified atom stereocenters. The second-order valence-corrected chi connectivity index (χ2v) is 16.6. The Balaban J connectivity index is 1.12. The first-order valence-electron chi connectivity index (χ1n) is 16.4. The van der Waals surface area contributed by atoms with Crippen LogP contribution >= 0.6 is 11.6 Å². The fraction of sp³-hybridized carbons (Fsp3) is 0.485. The number of halogens is 1. The molecule has 0 aliphatic heterocycles. The van der Waals surface area contributed by atoms with E-state index in [1.54, 1.807) is 0 Å². The summed E-state index contributed by atoms with van der Waals surface area (Å²) in [7, 11) is -4.39. The summed E-state index contributed by atoms with van der Waals surface area (Å²) in [5.41, 5.74) is 4.75. The zero-order chi connectivity index (χ0) is 35.6. The number of hydrogen-bond acceptors (Lipinski definition) is 12. The first kappa shape index (κ1) is 34.1. The maximum absolute atomic E-state index is 13.6. The van der Waals surface area contributed by atoms with E-state index in [-0.39, 0.29) is 44.2 Å². The number of aliphatic carboxylic acids is 1. The van der Waals surface area contributed by atoms with Crippen LogP contribution in [0.5, 0.6) is 0 Å². The Morgan fingerprint density at radius 1 is 0.980 bits per heavy atom. The van der Waals surface area contributed by atoms with E-state index in [4.69, 9.17) is 30.3 Å². The molecule has 0 amide bonds. The predicted octanol–water partition coefficient (Wildman–Crippen LogP) is 5.84. The number of nitrogens with one attached hydrogen (secondary N) is 1. The van der Waals surface area contributed by atoms with Gasteiger partial charge in [0.2, 0.25) is 15.8 Å². The third-order valence-corrected chi connectivity index (χ3v) is 11.4. The molecule has 2 aliphatic carbocycles. The lowest BCUT2D eigenvalue weighted by atomic mass is 9.76. The first-order chi connectivity index (χ1) is 23.6. The molecule has 50 heavy (non-hydrogen) atoms. The van der Waals surface area contributed by atoms with Crippen molar-refractivity contribution < 1.29 is 31.9 Å². The fourth-order valence-corrected chi connectivity index (χ4v) is 8.44. The maximum Gasteiger partial charge on any atom is 0.305 e. The molecule has 264 valence electrons. The molecule has 2 N–H and O–H groups in total.